The first-order valence-electron chi connectivity index (χ1n) is 5.58. The van der Waals surface area contributed by atoms with Crippen molar-refractivity contribution in [3.63, 3.8) is 0 Å². The summed E-state index contributed by atoms with van der Waals surface area (Å²) in [6, 6.07) is 0.504. The topological polar surface area (TPSA) is 47.0 Å². The Morgan fingerprint density at radius 1 is 1.53 bits per heavy atom. The van der Waals surface area contributed by atoms with E-state index in [1.54, 1.807) is 34.9 Å². The lowest BCUT2D eigenvalue weighted by atomic mass is 10.0. The van der Waals surface area contributed by atoms with Gasteiger partial charge >= 0.3 is 0 Å². The standard InChI is InChI=1S/C10H17N3OS3/c1-11-8(7-3-4-14-5-7)6-16-10-13-12-9(15-2)17-10/h7-8,11H,3-6H2,1-2H3. The second-order valence-corrected chi connectivity index (χ2v) is 7.17. The zero-order valence-electron chi connectivity index (χ0n) is 10.0. The number of nitrogens with one attached hydrogen (secondary N) is 1. The third kappa shape index (κ3) is 3.82. The van der Waals surface area contributed by atoms with E-state index < -0.39 is 0 Å². The molecule has 1 saturated heterocycles. The highest BCUT2D eigenvalue weighted by Gasteiger charge is 2.24. The number of hydrogen-bond donors (Lipinski definition) is 1. The number of hydrogen-bond acceptors (Lipinski definition) is 7. The molecule has 96 valence electrons. The Morgan fingerprint density at radius 2 is 2.35 bits per heavy atom. The third-order valence-electron chi connectivity index (χ3n) is 2.85. The molecule has 7 heteroatoms. The van der Waals surface area contributed by atoms with Crippen LogP contribution >= 0.6 is 34.9 Å². The van der Waals surface area contributed by atoms with E-state index in [0.717, 1.165) is 34.1 Å². The predicted molar refractivity (Wildman–Crippen MR) is 74.2 cm³/mol. The van der Waals surface area contributed by atoms with Crippen LogP contribution in [0, 0.1) is 5.92 Å². The van der Waals surface area contributed by atoms with Gasteiger partial charge in [-0.3, -0.25) is 0 Å². The van der Waals surface area contributed by atoms with E-state index in [1.807, 2.05) is 13.3 Å². The summed E-state index contributed by atoms with van der Waals surface area (Å²) in [4.78, 5) is 0. The average Bonchev–Trinajstić information content (AvgIpc) is 3.00. The molecule has 1 aliphatic heterocycles. The van der Waals surface area contributed by atoms with Crippen molar-refractivity contribution in [2.45, 2.75) is 21.1 Å². The molecule has 1 fully saturated rings. The van der Waals surface area contributed by atoms with Crippen LogP contribution < -0.4 is 5.32 Å². The second-order valence-electron chi connectivity index (χ2n) is 3.87. The highest BCUT2D eigenvalue weighted by atomic mass is 32.2. The number of nitrogens with zero attached hydrogens (tertiary/aromatic N) is 2. The zero-order valence-corrected chi connectivity index (χ0v) is 12.5. The number of rotatable bonds is 6. The fourth-order valence-corrected chi connectivity index (χ4v) is 4.52. The maximum atomic E-state index is 5.44. The van der Waals surface area contributed by atoms with E-state index in [2.05, 4.69) is 15.5 Å². The summed E-state index contributed by atoms with van der Waals surface area (Å²) in [5.74, 6) is 1.67. The van der Waals surface area contributed by atoms with Crippen molar-refractivity contribution in [2.24, 2.45) is 5.92 Å². The molecule has 0 aliphatic carbocycles. The van der Waals surface area contributed by atoms with Crippen molar-refractivity contribution in [2.75, 3.05) is 32.3 Å². The maximum Gasteiger partial charge on any atom is 0.175 e. The molecule has 1 N–H and O–H groups in total. The fraction of sp³-hybridized carbons (Fsp3) is 0.800. The fourth-order valence-electron chi connectivity index (χ4n) is 1.82. The van der Waals surface area contributed by atoms with E-state index in [-0.39, 0.29) is 0 Å². The maximum absolute atomic E-state index is 5.44. The van der Waals surface area contributed by atoms with Gasteiger partial charge in [0, 0.05) is 24.3 Å². The Labute approximate surface area is 114 Å². The average molecular weight is 291 g/mol. The molecule has 0 radical (unpaired) electrons. The van der Waals surface area contributed by atoms with Crippen LogP contribution in [0.3, 0.4) is 0 Å². The summed E-state index contributed by atoms with van der Waals surface area (Å²) in [5, 5.41) is 11.7. The Bertz CT molecular complexity index is 341. The van der Waals surface area contributed by atoms with Crippen LogP contribution in [0.2, 0.25) is 0 Å². The van der Waals surface area contributed by atoms with Crippen molar-refractivity contribution in [3.05, 3.63) is 0 Å². The van der Waals surface area contributed by atoms with Crippen LogP contribution in [0.15, 0.2) is 8.68 Å². The number of ether oxygens (including phenoxy) is 1. The first-order valence-corrected chi connectivity index (χ1v) is 8.61. The molecule has 2 heterocycles. The molecular weight excluding hydrogens is 274 g/mol. The summed E-state index contributed by atoms with van der Waals surface area (Å²) in [7, 11) is 2.02. The monoisotopic (exact) mass is 291 g/mol. The third-order valence-corrected chi connectivity index (χ3v) is 6.01. The lowest BCUT2D eigenvalue weighted by Crippen LogP contribution is -2.36. The molecule has 2 atom stereocenters. The van der Waals surface area contributed by atoms with Crippen LogP contribution in [0.25, 0.3) is 0 Å². The van der Waals surface area contributed by atoms with Crippen LogP contribution in [0.1, 0.15) is 6.42 Å². The predicted octanol–water partition coefficient (Wildman–Crippen LogP) is 1.98. The molecule has 0 amide bonds. The molecule has 1 aromatic heterocycles. The largest absolute Gasteiger partial charge is 0.381 e. The molecule has 4 nitrogen and oxygen atoms in total. The first-order chi connectivity index (χ1) is 8.33. The van der Waals surface area contributed by atoms with Crippen LogP contribution in [-0.4, -0.2) is 48.5 Å². The Morgan fingerprint density at radius 3 is 2.94 bits per heavy atom. The van der Waals surface area contributed by atoms with E-state index >= 15 is 0 Å². The molecule has 0 saturated carbocycles. The van der Waals surface area contributed by atoms with E-state index in [1.165, 1.54) is 0 Å². The van der Waals surface area contributed by atoms with Crippen LogP contribution in [0.4, 0.5) is 0 Å². The molecule has 0 bridgehead atoms. The van der Waals surface area contributed by atoms with Crippen molar-refractivity contribution in [1.29, 1.82) is 0 Å². The minimum atomic E-state index is 0.504. The van der Waals surface area contributed by atoms with Gasteiger partial charge < -0.3 is 10.1 Å². The van der Waals surface area contributed by atoms with Crippen LogP contribution in [0.5, 0.6) is 0 Å². The molecule has 0 spiro atoms. The molecule has 1 aromatic rings. The Balaban J connectivity index is 1.82. The molecule has 2 rings (SSSR count). The van der Waals surface area contributed by atoms with Gasteiger partial charge in [-0.15, -0.1) is 10.2 Å². The number of thioether (sulfide) groups is 2. The molecule has 0 aromatic carbocycles. The van der Waals surface area contributed by atoms with E-state index in [9.17, 15) is 0 Å². The SMILES string of the molecule is CNC(CSc1nnc(SC)s1)C1CCOC1. The number of aromatic nitrogens is 2. The Hall–Kier alpha value is 0.180. The lowest BCUT2D eigenvalue weighted by molar-refractivity contribution is 0.180. The van der Waals surface area contributed by atoms with Gasteiger partial charge in [-0.2, -0.15) is 0 Å². The van der Waals surface area contributed by atoms with E-state index in [4.69, 9.17) is 4.74 Å². The molecule has 2 unspecified atom stereocenters. The van der Waals surface area contributed by atoms with Gasteiger partial charge in [-0.1, -0.05) is 34.9 Å². The summed E-state index contributed by atoms with van der Waals surface area (Å²) in [6.07, 6.45) is 3.19. The zero-order chi connectivity index (χ0) is 12.1. The summed E-state index contributed by atoms with van der Waals surface area (Å²) < 4.78 is 7.54. The van der Waals surface area contributed by atoms with Gasteiger partial charge in [-0.05, 0) is 19.7 Å². The van der Waals surface area contributed by atoms with E-state index in [0.29, 0.717) is 12.0 Å². The lowest BCUT2D eigenvalue weighted by Gasteiger charge is -2.20. The van der Waals surface area contributed by atoms with Gasteiger partial charge in [0.05, 0.1) is 6.61 Å². The molecule has 1 aliphatic rings. The Kier molecular flexibility index (Phi) is 5.55. The quantitative estimate of drug-likeness (QED) is 0.809. The second kappa shape index (κ2) is 6.94. The van der Waals surface area contributed by atoms with Crippen LogP contribution in [-0.2, 0) is 4.74 Å². The smallest absolute Gasteiger partial charge is 0.175 e. The van der Waals surface area contributed by atoms with Crippen molar-refractivity contribution < 1.29 is 4.74 Å². The van der Waals surface area contributed by atoms with Gasteiger partial charge in [0.25, 0.3) is 0 Å². The van der Waals surface area contributed by atoms with Gasteiger partial charge in [-0.25, -0.2) is 0 Å². The first kappa shape index (κ1) is 13.6. The van der Waals surface area contributed by atoms with Gasteiger partial charge in [0.15, 0.2) is 8.68 Å². The summed E-state index contributed by atoms with van der Waals surface area (Å²) in [6.45, 7) is 1.79. The summed E-state index contributed by atoms with van der Waals surface area (Å²) >= 11 is 5.11. The highest BCUT2D eigenvalue weighted by molar-refractivity contribution is 8.03. The molecular formula is C10H17N3OS3. The van der Waals surface area contributed by atoms with Gasteiger partial charge in [0.1, 0.15) is 0 Å². The minimum absolute atomic E-state index is 0.504. The van der Waals surface area contributed by atoms with Crippen molar-refractivity contribution in [1.82, 2.24) is 15.5 Å². The summed E-state index contributed by atoms with van der Waals surface area (Å²) in [5.41, 5.74) is 0. The highest BCUT2D eigenvalue weighted by Crippen LogP contribution is 2.29. The molecule has 17 heavy (non-hydrogen) atoms. The normalized spacial score (nSPS) is 21.9. The van der Waals surface area contributed by atoms with Crippen molar-refractivity contribution in [3.8, 4) is 0 Å². The van der Waals surface area contributed by atoms with Gasteiger partial charge in [0.2, 0.25) is 0 Å². The van der Waals surface area contributed by atoms with Crippen molar-refractivity contribution >= 4 is 34.9 Å². The minimum Gasteiger partial charge on any atom is -0.381 e.